The average molecular weight is 191 g/mol. The van der Waals surface area contributed by atoms with E-state index < -0.39 is 0 Å². The van der Waals surface area contributed by atoms with E-state index in [0.29, 0.717) is 5.41 Å². The second kappa shape index (κ2) is 2.57. The largest absolute Gasteiger partial charge is 0.316 e. The Balaban J connectivity index is 2.01. The molecule has 14 heavy (non-hydrogen) atoms. The monoisotopic (exact) mass is 191 g/mol. The first-order valence-electron chi connectivity index (χ1n) is 5.20. The molecule has 1 aromatic rings. The molecule has 74 valence electrons. The van der Waals surface area contributed by atoms with Gasteiger partial charge in [-0.3, -0.25) is 0 Å². The molecule has 0 bridgehead atoms. The van der Waals surface area contributed by atoms with E-state index in [-0.39, 0.29) is 5.82 Å². The molecule has 2 fully saturated rings. The molecule has 1 saturated carbocycles. The number of benzene rings is 1. The normalized spacial score (nSPS) is 34.3. The lowest BCUT2D eigenvalue weighted by Gasteiger charge is -2.13. The molecule has 1 saturated heterocycles. The molecule has 1 nitrogen and oxygen atoms in total. The lowest BCUT2D eigenvalue weighted by atomic mass is 9.94. The maximum Gasteiger partial charge on any atom is 0.126 e. The van der Waals surface area contributed by atoms with Crippen LogP contribution >= 0.6 is 0 Å². The minimum atomic E-state index is -0.0895. The second-order valence-corrected chi connectivity index (χ2v) is 4.65. The molecule has 1 heterocycles. The molecule has 2 unspecified atom stereocenters. The van der Waals surface area contributed by atoms with Gasteiger partial charge in [-0.25, -0.2) is 4.39 Å². The van der Waals surface area contributed by atoms with Gasteiger partial charge in [-0.1, -0.05) is 12.1 Å². The van der Waals surface area contributed by atoms with Crippen molar-refractivity contribution in [3.05, 3.63) is 35.1 Å². The van der Waals surface area contributed by atoms with E-state index in [1.807, 2.05) is 19.1 Å². The summed E-state index contributed by atoms with van der Waals surface area (Å²) in [7, 11) is 0. The van der Waals surface area contributed by atoms with Crippen LogP contribution in [0.15, 0.2) is 18.2 Å². The molecule has 0 radical (unpaired) electrons. The Hall–Kier alpha value is -0.890. The van der Waals surface area contributed by atoms with Crippen molar-refractivity contribution < 1.29 is 4.39 Å². The van der Waals surface area contributed by atoms with Crippen molar-refractivity contribution in [2.75, 3.05) is 13.1 Å². The fourth-order valence-electron chi connectivity index (χ4n) is 2.74. The van der Waals surface area contributed by atoms with E-state index in [9.17, 15) is 4.39 Å². The maximum absolute atomic E-state index is 13.1. The molecule has 2 atom stereocenters. The van der Waals surface area contributed by atoms with Gasteiger partial charge in [0.15, 0.2) is 0 Å². The lowest BCUT2D eigenvalue weighted by Crippen LogP contribution is -2.19. The summed E-state index contributed by atoms with van der Waals surface area (Å²) < 4.78 is 13.1. The number of halogens is 1. The molecular formula is C12H14FN. The maximum atomic E-state index is 13.1. The molecule has 1 aliphatic carbocycles. The van der Waals surface area contributed by atoms with Gasteiger partial charge in [0, 0.05) is 12.0 Å². The predicted octanol–water partition coefficient (Wildman–Crippen LogP) is 2.00. The molecule has 0 aromatic heterocycles. The quantitative estimate of drug-likeness (QED) is 0.716. The zero-order chi connectivity index (χ0) is 9.76. The Kier molecular flexibility index (Phi) is 1.55. The van der Waals surface area contributed by atoms with Gasteiger partial charge in [0.1, 0.15) is 5.82 Å². The molecule has 1 aromatic carbocycles. The van der Waals surface area contributed by atoms with E-state index in [1.165, 1.54) is 12.0 Å². The molecule has 3 rings (SSSR count). The first-order valence-corrected chi connectivity index (χ1v) is 5.20. The number of piperidine rings is 1. The van der Waals surface area contributed by atoms with E-state index in [2.05, 4.69) is 5.32 Å². The average Bonchev–Trinajstić information content (AvgIpc) is 2.75. The highest BCUT2D eigenvalue weighted by Crippen LogP contribution is 2.56. The summed E-state index contributed by atoms with van der Waals surface area (Å²) in [5.41, 5.74) is 2.46. The summed E-state index contributed by atoms with van der Waals surface area (Å²) in [6.45, 7) is 4.05. The van der Waals surface area contributed by atoms with Crippen molar-refractivity contribution in [1.29, 1.82) is 0 Å². The van der Waals surface area contributed by atoms with E-state index in [1.54, 1.807) is 6.07 Å². The van der Waals surface area contributed by atoms with Gasteiger partial charge < -0.3 is 5.32 Å². The van der Waals surface area contributed by atoms with Crippen molar-refractivity contribution in [3.63, 3.8) is 0 Å². The molecule has 1 N–H and O–H groups in total. The minimum Gasteiger partial charge on any atom is -0.316 e. The van der Waals surface area contributed by atoms with Crippen LogP contribution < -0.4 is 5.32 Å². The summed E-state index contributed by atoms with van der Waals surface area (Å²) in [5.74, 6) is 0.709. The van der Waals surface area contributed by atoms with Crippen LogP contribution in [0.4, 0.5) is 4.39 Å². The fraction of sp³-hybridized carbons (Fsp3) is 0.500. The van der Waals surface area contributed by atoms with Crippen molar-refractivity contribution >= 4 is 0 Å². The van der Waals surface area contributed by atoms with Crippen LogP contribution in [0.25, 0.3) is 0 Å². The first-order chi connectivity index (χ1) is 6.72. The summed E-state index contributed by atoms with van der Waals surface area (Å²) in [4.78, 5) is 0. The van der Waals surface area contributed by atoms with Gasteiger partial charge in [0.05, 0.1) is 0 Å². The predicted molar refractivity (Wildman–Crippen MR) is 53.8 cm³/mol. The van der Waals surface area contributed by atoms with Crippen LogP contribution in [0.2, 0.25) is 0 Å². The minimum absolute atomic E-state index is 0.0895. The third-order valence-corrected chi connectivity index (χ3v) is 3.80. The van der Waals surface area contributed by atoms with Gasteiger partial charge in [0.25, 0.3) is 0 Å². The Bertz CT molecular complexity index is 388. The molecule has 1 aliphatic heterocycles. The van der Waals surface area contributed by atoms with Crippen molar-refractivity contribution in [1.82, 2.24) is 5.32 Å². The summed E-state index contributed by atoms with van der Waals surface area (Å²) >= 11 is 0. The van der Waals surface area contributed by atoms with Crippen LogP contribution in [-0.4, -0.2) is 13.1 Å². The Morgan fingerprint density at radius 1 is 1.50 bits per heavy atom. The molecule has 0 amide bonds. The molecule has 2 aliphatic rings. The van der Waals surface area contributed by atoms with Crippen LogP contribution in [0.5, 0.6) is 0 Å². The Labute approximate surface area is 83.3 Å². The number of fused-ring (bicyclic) bond motifs is 1. The molecule has 2 heteroatoms. The van der Waals surface area contributed by atoms with Crippen molar-refractivity contribution in [2.24, 2.45) is 5.92 Å². The zero-order valence-electron chi connectivity index (χ0n) is 8.31. The number of hydrogen-bond donors (Lipinski definition) is 1. The first kappa shape index (κ1) is 8.42. The highest BCUT2D eigenvalue weighted by atomic mass is 19.1. The van der Waals surface area contributed by atoms with Crippen LogP contribution in [-0.2, 0) is 5.41 Å². The van der Waals surface area contributed by atoms with Gasteiger partial charge in [-0.15, -0.1) is 0 Å². The van der Waals surface area contributed by atoms with Crippen LogP contribution in [0.3, 0.4) is 0 Å². The number of hydrogen-bond acceptors (Lipinski definition) is 1. The lowest BCUT2D eigenvalue weighted by molar-refractivity contribution is 0.613. The van der Waals surface area contributed by atoms with Gasteiger partial charge >= 0.3 is 0 Å². The smallest absolute Gasteiger partial charge is 0.126 e. The summed E-state index contributed by atoms with van der Waals surface area (Å²) in [6, 6.07) is 5.57. The van der Waals surface area contributed by atoms with Crippen LogP contribution in [0.1, 0.15) is 17.5 Å². The van der Waals surface area contributed by atoms with Crippen LogP contribution in [0, 0.1) is 18.7 Å². The van der Waals surface area contributed by atoms with Gasteiger partial charge in [-0.2, -0.15) is 0 Å². The number of rotatable bonds is 1. The standard InChI is InChI=1S/C12H14FN/c1-8-4-9(2-3-11(8)13)12-5-10(12)6-14-7-12/h2-4,10,14H,5-7H2,1H3. The zero-order valence-corrected chi connectivity index (χ0v) is 8.31. The Morgan fingerprint density at radius 3 is 2.93 bits per heavy atom. The van der Waals surface area contributed by atoms with Gasteiger partial charge in [0.2, 0.25) is 0 Å². The van der Waals surface area contributed by atoms with Crippen molar-refractivity contribution in [3.8, 4) is 0 Å². The fourth-order valence-corrected chi connectivity index (χ4v) is 2.74. The summed E-state index contributed by atoms with van der Waals surface area (Å²) in [5, 5.41) is 3.40. The Morgan fingerprint density at radius 2 is 2.36 bits per heavy atom. The molecule has 0 spiro atoms. The highest BCUT2D eigenvalue weighted by Gasteiger charge is 2.57. The SMILES string of the molecule is Cc1cc(C23CNCC2C3)ccc1F. The molecular weight excluding hydrogens is 177 g/mol. The topological polar surface area (TPSA) is 12.0 Å². The third kappa shape index (κ3) is 0.976. The van der Waals surface area contributed by atoms with Gasteiger partial charge in [-0.05, 0) is 43.0 Å². The third-order valence-electron chi connectivity index (χ3n) is 3.80. The second-order valence-electron chi connectivity index (χ2n) is 4.65. The number of nitrogens with one attached hydrogen (secondary N) is 1. The van der Waals surface area contributed by atoms with E-state index in [4.69, 9.17) is 0 Å². The van der Waals surface area contributed by atoms with E-state index in [0.717, 1.165) is 24.6 Å². The summed E-state index contributed by atoms with van der Waals surface area (Å²) in [6.07, 6.45) is 1.28. The highest BCUT2D eigenvalue weighted by molar-refractivity contribution is 5.39. The van der Waals surface area contributed by atoms with Crippen molar-refractivity contribution in [2.45, 2.75) is 18.8 Å². The van der Waals surface area contributed by atoms with E-state index >= 15 is 0 Å². The number of aryl methyl sites for hydroxylation is 1.